The van der Waals surface area contributed by atoms with E-state index in [4.69, 9.17) is 9.47 Å². The molecule has 1 N–H and O–H groups in total. The Morgan fingerprint density at radius 1 is 1.00 bits per heavy atom. The van der Waals surface area contributed by atoms with Gasteiger partial charge in [-0.2, -0.15) is 0 Å². The molecule has 0 aromatic heterocycles. The highest BCUT2D eigenvalue weighted by Crippen LogP contribution is 1.98. The Balaban J connectivity index is 3.25. The van der Waals surface area contributed by atoms with Crippen molar-refractivity contribution in [3.63, 3.8) is 0 Å². The van der Waals surface area contributed by atoms with Crippen LogP contribution in [-0.2, 0) is 9.47 Å². The van der Waals surface area contributed by atoms with Crippen LogP contribution in [0.4, 0.5) is 0 Å². The monoisotopic (exact) mass is 245 g/mol. The topological polar surface area (TPSA) is 30.5 Å². The molecule has 0 heterocycles. The predicted octanol–water partition coefficient (Wildman–Crippen LogP) is 2.25. The lowest BCUT2D eigenvalue weighted by Crippen LogP contribution is -2.25. The average Bonchev–Trinajstić information content (AvgIpc) is 2.28. The maximum atomic E-state index is 5.50. The van der Waals surface area contributed by atoms with Crippen molar-refractivity contribution < 1.29 is 9.47 Å². The standard InChI is InChI=1S/C12H27NO2Si/c1-4-7-9-13-10-8-11-16-12(14-5-2)15-6-3/h12-13H,4-11H2,1-3H3. The van der Waals surface area contributed by atoms with Crippen LogP contribution in [0.25, 0.3) is 0 Å². The zero-order valence-corrected chi connectivity index (χ0v) is 12.1. The zero-order valence-electron chi connectivity index (χ0n) is 11.1. The van der Waals surface area contributed by atoms with E-state index in [1.807, 2.05) is 13.8 Å². The first kappa shape index (κ1) is 16.1. The number of hydrogen-bond acceptors (Lipinski definition) is 3. The minimum atomic E-state index is 0.0330. The second-order valence-corrected chi connectivity index (χ2v) is 5.03. The molecule has 2 radical (unpaired) electrons. The highest BCUT2D eigenvalue weighted by atomic mass is 28.2. The summed E-state index contributed by atoms with van der Waals surface area (Å²) >= 11 is 0. The molecule has 0 bridgehead atoms. The molecule has 0 amide bonds. The van der Waals surface area contributed by atoms with Crippen molar-refractivity contribution in [1.82, 2.24) is 5.32 Å². The van der Waals surface area contributed by atoms with Crippen LogP contribution in [0.5, 0.6) is 0 Å². The third-order valence-corrected chi connectivity index (χ3v) is 3.49. The fourth-order valence-electron chi connectivity index (χ4n) is 1.33. The normalized spacial score (nSPS) is 11.2. The predicted molar refractivity (Wildman–Crippen MR) is 70.0 cm³/mol. The minimum Gasteiger partial charge on any atom is -0.357 e. The molecule has 3 nitrogen and oxygen atoms in total. The van der Waals surface area contributed by atoms with Crippen molar-refractivity contribution >= 4 is 9.52 Å². The Kier molecular flexibility index (Phi) is 13.2. The maximum absolute atomic E-state index is 5.50. The molecular formula is C12H27NO2Si. The number of nitrogens with one attached hydrogen (secondary N) is 1. The van der Waals surface area contributed by atoms with Crippen LogP contribution >= 0.6 is 0 Å². The molecule has 0 aliphatic heterocycles. The summed E-state index contributed by atoms with van der Waals surface area (Å²) in [4.78, 5) is 0. The van der Waals surface area contributed by atoms with Gasteiger partial charge in [-0.05, 0) is 39.8 Å². The lowest BCUT2D eigenvalue weighted by molar-refractivity contribution is -0.0827. The molecule has 16 heavy (non-hydrogen) atoms. The van der Waals surface area contributed by atoms with Gasteiger partial charge in [0.15, 0.2) is 0 Å². The molecule has 4 heteroatoms. The Morgan fingerprint density at radius 2 is 1.62 bits per heavy atom. The van der Waals surface area contributed by atoms with Gasteiger partial charge in [0, 0.05) is 13.2 Å². The molecule has 0 unspecified atom stereocenters. The van der Waals surface area contributed by atoms with Crippen molar-refractivity contribution in [2.24, 2.45) is 0 Å². The summed E-state index contributed by atoms with van der Waals surface area (Å²) in [5.74, 6) is 0.0330. The third-order valence-electron chi connectivity index (χ3n) is 2.18. The van der Waals surface area contributed by atoms with E-state index in [-0.39, 0.29) is 5.91 Å². The average molecular weight is 245 g/mol. The number of rotatable bonds is 12. The maximum Gasteiger partial charge on any atom is 0.137 e. The van der Waals surface area contributed by atoms with Crippen molar-refractivity contribution in [1.29, 1.82) is 0 Å². The fraction of sp³-hybridized carbons (Fsp3) is 1.00. The Bertz CT molecular complexity index is 130. The first-order valence-corrected chi connectivity index (χ1v) is 7.80. The van der Waals surface area contributed by atoms with E-state index in [9.17, 15) is 0 Å². The quantitative estimate of drug-likeness (QED) is 0.325. The highest BCUT2D eigenvalue weighted by Gasteiger charge is 2.07. The Hall–Kier alpha value is 0.0969. The van der Waals surface area contributed by atoms with Crippen molar-refractivity contribution in [3.8, 4) is 0 Å². The summed E-state index contributed by atoms with van der Waals surface area (Å²) < 4.78 is 11.0. The SMILES string of the molecule is CCCCNCCC[Si]C(OCC)OCC. The van der Waals surface area contributed by atoms with Crippen molar-refractivity contribution in [3.05, 3.63) is 0 Å². The number of hydrogen-bond donors (Lipinski definition) is 1. The molecule has 0 rings (SSSR count). The molecule has 0 aliphatic carbocycles. The fourth-order valence-corrected chi connectivity index (χ4v) is 2.51. The van der Waals surface area contributed by atoms with Gasteiger partial charge in [-0.15, -0.1) is 0 Å². The lowest BCUT2D eigenvalue weighted by Gasteiger charge is -2.15. The second-order valence-electron chi connectivity index (χ2n) is 3.65. The third kappa shape index (κ3) is 10.6. The van der Waals surface area contributed by atoms with Crippen molar-refractivity contribution in [2.45, 2.75) is 52.0 Å². The van der Waals surface area contributed by atoms with Gasteiger partial charge in [-0.1, -0.05) is 19.4 Å². The van der Waals surface area contributed by atoms with Gasteiger partial charge in [-0.3, -0.25) is 0 Å². The van der Waals surface area contributed by atoms with Crippen LogP contribution in [-0.4, -0.2) is 41.7 Å². The number of ether oxygens (including phenoxy) is 2. The van der Waals surface area contributed by atoms with Gasteiger partial charge < -0.3 is 14.8 Å². The summed E-state index contributed by atoms with van der Waals surface area (Å²) in [6, 6.07) is 1.20. The van der Waals surface area contributed by atoms with Gasteiger partial charge in [-0.25, -0.2) is 0 Å². The van der Waals surface area contributed by atoms with Crippen molar-refractivity contribution in [2.75, 3.05) is 26.3 Å². The van der Waals surface area contributed by atoms with E-state index in [1.165, 1.54) is 25.3 Å². The summed E-state index contributed by atoms with van der Waals surface area (Å²) in [5.41, 5.74) is 0. The van der Waals surface area contributed by atoms with E-state index in [2.05, 4.69) is 12.2 Å². The Morgan fingerprint density at radius 3 is 2.19 bits per heavy atom. The van der Waals surface area contributed by atoms with Crippen LogP contribution < -0.4 is 5.32 Å². The van der Waals surface area contributed by atoms with Gasteiger partial charge in [0.2, 0.25) is 0 Å². The minimum absolute atomic E-state index is 0.0330. The van der Waals surface area contributed by atoms with Crippen LogP contribution in [0.3, 0.4) is 0 Å². The number of unbranched alkanes of at least 4 members (excludes halogenated alkanes) is 1. The van der Waals surface area contributed by atoms with E-state index in [0.717, 1.165) is 35.8 Å². The lowest BCUT2D eigenvalue weighted by atomic mass is 10.3. The highest BCUT2D eigenvalue weighted by molar-refractivity contribution is 6.36. The van der Waals surface area contributed by atoms with E-state index < -0.39 is 0 Å². The largest absolute Gasteiger partial charge is 0.357 e. The molecular weight excluding hydrogens is 218 g/mol. The molecule has 0 fully saturated rings. The molecule has 0 saturated heterocycles. The zero-order chi connectivity index (χ0) is 12.1. The summed E-state index contributed by atoms with van der Waals surface area (Å²) in [6.07, 6.45) is 3.77. The van der Waals surface area contributed by atoms with Gasteiger partial charge >= 0.3 is 0 Å². The van der Waals surface area contributed by atoms with Gasteiger partial charge in [0.05, 0.1) is 0 Å². The summed E-state index contributed by atoms with van der Waals surface area (Å²) in [5, 5.41) is 3.45. The van der Waals surface area contributed by atoms with E-state index >= 15 is 0 Å². The van der Waals surface area contributed by atoms with Gasteiger partial charge in [0.25, 0.3) is 0 Å². The second kappa shape index (κ2) is 13.2. The molecule has 0 aromatic rings. The van der Waals surface area contributed by atoms with Crippen LogP contribution in [0.1, 0.15) is 40.0 Å². The molecule has 0 saturated carbocycles. The smallest absolute Gasteiger partial charge is 0.137 e. The summed E-state index contributed by atoms with van der Waals surface area (Å²) in [7, 11) is 0.765. The van der Waals surface area contributed by atoms with E-state index in [0.29, 0.717) is 0 Å². The van der Waals surface area contributed by atoms with E-state index in [1.54, 1.807) is 0 Å². The van der Waals surface area contributed by atoms with Crippen LogP contribution in [0.2, 0.25) is 6.04 Å². The molecule has 0 spiro atoms. The molecule has 0 aliphatic rings. The van der Waals surface area contributed by atoms with Gasteiger partial charge in [0.1, 0.15) is 15.4 Å². The Labute approximate surface area is 103 Å². The first-order chi connectivity index (χ1) is 7.85. The molecule has 96 valence electrons. The van der Waals surface area contributed by atoms with Crippen LogP contribution in [0.15, 0.2) is 0 Å². The molecule has 0 aromatic carbocycles. The first-order valence-electron chi connectivity index (χ1n) is 6.52. The summed E-state index contributed by atoms with van der Waals surface area (Å²) in [6.45, 7) is 10.0. The molecule has 0 atom stereocenters. The van der Waals surface area contributed by atoms with Crippen LogP contribution in [0, 0.1) is 0 Å².